The summed E-state index contributed by atoms with van der Waals surface area (Å²) in [6, 6.07) is 8.11. The molecule has 0 bridgehead atoms. The van der Waals surface area contributed by atoms with Gasteiger partial charge in [-0.1, -0.05) is 45.9 Å². The van der Waals surface area contributed by atoms with Gasteiger partial charge in [0.1, 0.15) is 0 Å². The van der Waals surface area contributed by atoms with E-state index < -0.39 is 0 Å². The van der Waals surface area contributed by atoms with E-state index in [-0.39, 0.29) is 16.7 Å². The number of piperidine rings is 1. The quantitative estimate of drug-likeness (QED) is 0.868. The van der Waals surface area contributed by atoms with Crippen LogP contribution in [0.25, 0.3) is 0 Å². The van der Waals surface area contributed by atoms with Gasteiger partial charge in [0.25, 0.3) is 0 Å². The lowest BCUT2D eigenvalue weighted by Gasteiger charge is -2.33. The smallest absolute Gasteiger partial charge is 0.230 e. The zero-order chi connectivity index (χ0) is 14.8. The predicted molar refractivity (Wildman–Crippen MR) is 84.0 cm³/mol. The molecule has 0 aliphatic carbocycles. The number of nitrogens with one attached hydrogen (secondary N) is 2. The fourth-order valence-corrected chi connectivity index (χ4v) is 2.72. The molecule has 1 aromatic carbocycles. The Balaban J connectivity index is 2.20. The molecule has 2 rings (SSSR count). The first kappa shape index (κ1) is 15.0. The van der Waals surface area contributed by atoms with Gasteiger partial charge in [0, 0.05) is 11.1 Å². The fourth-order valence-electron chi connectivity index (χ4n) is 2.72. The fraction of sp³-hybridized carbons (Fsp3) is 0.588. The summed E-state index contributed by atoms with van der Waals surface area (Å²) in [5.41, 5.74) is 1.91. The minimum Gasteiger partial charge on any atom is -0.325 e. The zero-order valence-corrected chi connectivity index (χ0v) is 13.0. The third-order valence-electron chi connectivity index (χ3n) is 4.24. The second kappa shape index (κ2) is 5.57. The molecule has 1 saturated heterocycles. The molecule has 0 atom stereocenters. The lowest BCUT2D eigenvalue weighted by atomic mass is 9.79. The van der Waals surface area contributed by atoms with E-state index >= 15 is 0 Å². The Morgan fingerprint density at radius 3 is 2.40 bits per heavy atom. The van der Waals surface area contributed by atoms with Crippen LogP contribution in [-0.4, -0.2) is 19.0 Å². The topological polar surface area (TPSA) is 41.1 Å². The minimum absolute atomic E-state index is 0.0267. The molecule has 1 aliphatic heterocycles. The van der Waals surface area contributed by atoms with Crippen LogP contribution in [0.4, 0.5) is 5.69 Å². The molecule has 0 radical (unpaired) electrons. The maximum atomic E-state index is 12.6. The molecule has 20 heavy (non-hydrogen) atoms. The second-order valence-corrected chi connectivity index (χ2v) is 7.06. The van der Waals surface area contributed by atoms with Crippen molar-refractivity contribution in [3.05, 3.63) is 29.8 Å². The highest BCUT2D eigenvalue weighted by molar-refractivity contribution is 5.96. The average molecular weight is 274 g/mol. The van der Waals surface area contributed by atoms with Gasteiger partial charge in [-0.05, 0) is 43.0 Å². The summed E-state index contributed by atoms with van der Waals surface area (Å²) >= 11 is 0. The zero-order valence-electron chi connectivity index (χ0n) is 13.0. The molecule has 110 valence electrons. The third kappa shape index (κ3) is 3.21. The molecular formula is C17H26N2O. The molecule has 1 fully saturated rings. The van der Waals surface area contributed by atoms with Crippen molar-refractivity contribution in [2.75, 3.05) is 18.4 Å². The Morgan fingerprint density at radius 2 is 1.80 bits per heavy atom. The Labute approximate surface area is 122 Å². The lowest BCUT2D eigenvalue weighted by Crippen LogP contribution is -2.43. The highest BCUT2D eigenvalue weighted by atomic mass is 16.2. The van der Waals surface area contributed by atoms with Crippen molar-refractivity contribution in [3.8, 4) is 0 Å². The van der Waals surface area contributed by atoms with E-state index in [4.69, 9.17) is 0 Å². The van der Waals surface area contributed by atoms with E-state index in [2.05, 4.69) is 44.4 Å². The monoisotopic (exact) mass is 274 g/mol. The van der Waals surface area contributed by atoms with E-state index in [1.165, 1.54) is 5.56 Å². The normalized spacial score (nSPS) is 18.6. The SMILES string of the molecule is CC1(C(=O)Nc2ccccc2C(C)(C)C)CCNCC1. The first-order valence-corrected chi connectivity index (χ1v) is 7.45. The molecule has 3 heteroatoms. The largest absolute Gasteiger partial charge is 0.325 e. The number of rotatable bonds is 2. The number of carbonyl (C=O) groups is 1. The summed E-state index contributed by atoms with van der Waals surface area (Å²) in [5.74, 6) is 0.149. The Bertz CT molecular complexity index is 482. The summed E-state index contributed by atoms with van der Waals surface area (Å²) in [4.78, 5) is 12.6. The van der Waals surface area contributed by atoms with Crippen LogP contribution >= 0.6 is 0 Å². The molecule has 0 aromatic heterocycles. The van der Waals surface area contributed by atoms with Crippen molar-refractivity contribution in [2.45, 2.75) is 46.0 Å². The van der Waals surface area contributed by atoms with Crippen LogP contribution in [0.1, 0.15) is 46.1 Å². The molecule has 0 unspecified atom stereocenters. The van der Waals surface area contributed by atoms with Gasteiger partial charge in [-0.3, -0.25) is 4.79 Å². The van der Waals surface area contributed by atoms with E-state index in [0.717, 1.165) is 31.6 Å². The molecule has 0 spiro atoms. The standard InChI is InChI=1S/C17H26N2O/c1-16(2,3)13-7-5-6-8-14(13)19-15(20)17(4)9-11-18-12-10-17/h5-8,18H,9-12H2,1-4H3,(H,19,20). The Hall–Kier alpha value is -1.35. The Kier molecular flexibility index (Phi) is 4.19. The van der Waals surface area contributed by atoms with Crippen LogP contribution in [-0.2, 0) is 10.2 Å². The first-order chi connectivity index (χ1) is 9.33. The van der Waals surface area contributed by atoms with E-state index in [1.54, 1.807) is 0 Å². The van der Waals surface area contributed by atoms with Crippen molar-refractivity contribution < 1.29 is 4.79 Å². The van der Waals surface area contributed by atoms with Crippen molar-refractivity contribution >= 4 is 11.6 Å². The van der Waals surface area contributed by atoms with E-state index in [9.17, 15) is 4.79 Å². The molecule has 3 nitrogen and oxygen atoms in total. The minimum atomic E-state index is -0.254. The molecule has 1 aromatic rings. The van der Waals surface area contributed by atoms with Crippen LogP contribution in [0.5, 0.6) is 0 Å². The van der Waals surface area contributed by atoms with Crippen LogP contribution in [0.2, 0.25) is 0 Å². The number of carbonyl (C=O) groups excluding carboxylic acids is 1. The first-order valence-electron chi connectivity index (χ1n) is 7.45. The van der Waals surface area contributed by atoms with Gasteiger partial charge >= 0.3 is 0 Å². The number of hydrogen-bond acceptors (Lipinski definition) is 2. The van der Waals surface area contributed by atoms with Crippen LogP contribution in [0, 0.1) is 5.41 Å². The average Bonchev–Trinajstić information content (AvgIpc) is 2.39. The van der Waals surface area contributed by atoms with Crippen molar-refractivity contribution in [1.82, 2.24) is 5.32 Å². The summed E-state index contributed by atoms with van der Waals surface area (Å²) in [5, 5.41) is 6.47. The number of anilines is 1. The molecule has 2 N–H and O–H groups in total. The highest BCUT2D eigenvalue weighted by Gasteiger charge is 2.35. The number of benzene rings is 1. The molecule has 0 saturated carbocycles. The second-order valence-electron chi connectivity index (χ2n) is 7.06. The maximum absolute atomic E-state index is 12.6. The summed E-state index contributed by atoms with van der Waals surface area (Å²) in [7, 11) is 0. The van der Waals surface area contributed by atoms with E-state index in [1.807, 2.05) is 18.2 Å². The number of para-hydroxylation sites is 1. The maximum Gasteiger partial charge on any atom is 0.230 e. The molecular weight excluding hydrogens is 248 g/mol. The van der Waals surface area contributed by atoms with Gasteiger partial charge in [-0.25, -0.2) is 0 Å². The highest BCUT2D eigenvalue weighted by Crippen LogP contribution is 2.33. The van der Waals surface area contributed by atoms with Crippen LogP contribution in [0.3, 0.4) is 0 Å². The van der Waals surface area contributed by atoms with Gasteiger partial charge in [0.2, 0.25) is 5.91 Å². The van der Waals surface area contributed by atoms with Crippen molar-refractivity contribution in [1.29, 1.82) is 0 Å². The molecule has 1 heterocycles. The summed E-state index contributed by atoms with van der Waals surface area (Å²) < 4.78 is 0. The molecule has 1 aliphatic rings. The number of amides is 1. The van der Waals surface area contributed by atoms with Crippen molar-refractivity contribution in [2.24, 2.45) is 5.41 Å². The lowest BCUT2D eigenvalue weighted by molar-refractivity contribution is -0.126. The predicted octanol–water partition coefficient (Wildman–Crippen LogP) is 3.31. The van der Waals surface area contributed by atoms with Crippen LogP contribution in [0.15, 0.2) is 24.3 Å². The van der Waals surface area contributed by atoms with Gasteiger partial charge in [0.05, 0.1) is 0 Å². The molecule has 1 amide bonds. The Morgan fingerprint density at radius 1 is 1.20 bits per heavy atom. The third-order valence-corrected chi connectivity index (χ3v) is 4.24. The van der Waals surface area contributed by atoms with E-state index in [0.29, 0.717) is 0 Å². The van der Waals surface area contributed by atoms with Gasteiger partial charge in [0.15, 0.2) is 0 Å². The van der Waals surface area contributed by atoms with Gasteiger partial charge < -0.3 is 10.6 Å². The van der Waals surface area contributed by atoms with Crippen LogP contribution < -0.4 is 10.6 Å². The van der Waals surface area contributed by atoms with Crippen molar-refractivity contribution in [3.63, 3.8) is 0 Å². The van der Waals surface area contributed by atoms with Gasteiger partial charge in [-0.15, -0.1) is 0 Å². The summed E-state index contributed by atoms with van der Waals surface area (Å²) in [6.07, 6.45) is 1.80. The summed E-state index contributed by atoms with van der Waals surface area (Å²) in [6.45, 7) is 10.4. The van der Waals surface area contributed by atoms with Gasteiger partial charge in [-0.2, -0.15) is 0 Å². The number of hydrogen-bond donors (Lipinski definition) is 2.